The fourth-order valence-corrected chi connectivity index (χ4v) is 2.97. The Balaban J connectivity index is 2.53. The second-order valence-electron chi connectivity index (χ2n) is 7.66. The smallest absolute Gasteiger partial charge is 0.410 e. The standard InChI is InChI=1S/C16H32N2O2/c1-8-18(15(2,3)4)13-9-11-17(12-10-13)14(19)20-16(5,6)7/h13H,8-12H2,1-7H3. The predicted octanol–water partition coefficient (Wildman–Crippen LogP) is 3.51. The summed E-state index contributed by atoms with van der Waals surface area (Å²) in [6.45, 7) is 17.4. The first-order valence-electron chi connectivity index (χ1n) is 7.79. The third-order valence-corrected chi connectivity index (χ3v) is 3.76. The molecule has 0 aromatic rings. The van der Waals surface area contributed by atoms with Gasteiger partial charge in [0.2, 0.25) is 0 Å². The van der Waals surface area contributed by atoms with Crippen LogP contribution < -0.4 is 0 Å². The molecule has 1 heterocycles. The quantitative estimate of drug-likeness (QED) is 0.778. The SMILES string of the molecule is CCN(C1CCN(C(=O)OC(C)(C)C)CC1)C(C)(C)C. The number of hydrogen-bond acceptors (Lipinski definition) is 3. The van der Waals surface area contributed by atoms with Gasteiger partial charge in [0, 0.05) is 24.7 Å². The molecule has 0 saturated carbocycles. The summed E-state index contributed by atoms with van der Waals surface area (Å²) >= 11 is 0. The third-order valence-electron chi connectivity index (χ3n) is 3.76. The van der Waals surface area contributed by atoms with Crippen LogP contribution in [0.15, 0.2) is 0 Å². The van der Waals surface area contributed by atoms with Gasteiger partial charge in [0.1, 0.15) is 5.60 Å². The van der Waals surface area contributed by atoms with Crippen LogP contribution in [0.3, 0.4) is 0 Å². The Morgan fingerprint density at radius 3 is 2.00 bits per heavy atom. The lowest BCUT2D eigenvalue weighted by Gasteiger charge is -2.44. The highest BCUT2D eigenvalue weighted by Gasteiger charge is 2.32. The largest absolute Gasteiger partial charge is 0.444 e. The van der Waals surface area contributed by atoms with Crippen LogP contribution in [0, 0.1) is 0 Å². The van der Waals surface area contributed by atoms with Crippen molar-refractivity contribution in [1.82, 2.24) is 9.80 Å². The molecule has 0 N–H and O–H groups in total. The van der Waals surface area contributed by atoms with Gasteiger partial charge in [0.05, 0.1) is 0 Å². The number of nitrogens with zero attached hydrogens (tertiary/aromatic N) is 2. The minimum Gasteiger partial charge on any atom is -0.444 e. The maximum absolute atomic E-state index is 12.0. The van der Waals surface area contributed by atoms with Crippen molar-refractivity contribution < 1.29 is 9.53 Å². The van der Waals surface area contributed by atoms with E-state index in [2.05, 4.69) is 32.6 Å². The summed E-state index contributed by atoms with van der Waals surface area (Å²) in [5.74, 6) is 0. The van der Waals surface area contributed by atoms with Crippen LogP contribution in [-0.2, 0) is 4.74 Å². The molecule has 4 heteroatoms. The Bertz CT molecular complexity index is 320. The van der Waals surface area contributed by atoms with Crippen molar-refractivity contribution in [3.05, 3.63) is 0 Å². The molecular formula is C16H32N2O2. The molecule has 118 valence electrons. The molecular weight excluding hydrogens is 252 g/mol. The van der Waals surface area contributed by atoms with Gasteiger partial charge in [-0.1, -0.05) is 6.92 Å². The fraction of sp³-hybridized carbons (Fsp3) is 0.938. The van der Waals surface area contributed by atoms with Crippen molar-refractivity contribution in [2.24, 2.45) is 0 Å². The highest BCUT2D eigenvalue weighted by Crippen LogP contribution is 2.24. The second-order valence-corrected chi connectivity index (χ2v) is 7.66. The molecule has 1 aliphatic heterocycles. The Morgan fingerprint density at radius 2 is 1.65 bits per heavy atom. The third kappa shape index (κ3) is 4.97. The number of carbonyl (C=O) groups excluding carboxylic acids is 1. The minimum atomic E-state index is -0.408. The Kier molecular flexibility index (Phi) is 5.47. The molecule has 1 aliphatic rings. The summed E-state index contributed by atoms with van der Waals surface area (Å²) < 4.78 is 5.44. The molecule has 0 atom stereocenters. The molecule has 0 unspecified atom stereocenters. The highest BCUT2D eigenvalue weighted by molar-refractivity contribution is 5.68. The number of amides is 1. The lowest BCUT2D eigenvalue weighted by Crippen LogP contribution is -2.53. The van der Waals surface area contributed by atoms with Gasteiger partial charge in [-0.25, -0.2) is 4.79 Å². The van der Waals surface area contributed by atoms with Crippen molar-refractivity contribution in [3.63, 3.8) is 0 Å². The van der Waals surface area contributed by atoms with E-state index in [0.717, 1.165) is 32.5 Å². The van der Waals surface area contributed by atoms with Crippen LogP contribution in [0.4, 0.5) is 4.79 Å². The average molecular weight is 284 g/mol. The minimum absolute atomic E-state index is 0.172. The summed E-state index contributed by atoms with van der Waals surface area (Å²) in [7, 11) is 0. The van der Waals surface area contributed by atoms with E-state index in [1.165, 1.54) is 0 Å². The van der Waals surface area contributed by atoms with Crippen molar-refractivity contribution in [2.75, 3.05) is 19.6 Å². The van der Waals surface area contributed by atoms with E-state index >= 15 is 0 Å². The van der Waals surface area contributed by atoms with Crippen LogP contribution in [0.5, 0.6) is 0 Å². The zero-order valence-electron chi connectivity index (χ0n) is 14.3. The van der Waals surface area contributed by atoms with E-state index in [4.69, 9.17) is 4.74 Å². The molecule has 20 heavy (non-hydrogen) atoms. The van der Waals surface area contributed by atoms with Crippen molar-refractivity contribution in [3.8, 4) is 0 Å². The van der Waals surface area contributed by atoms with E-state index in [0.29, 0.717) is 6.04 Å². The molecule has 0 aromatic heterocycles. The van der Waals surface area contributed by atoms with E-state index in [-0.39, 0.29) is 11.6 Å². The molecule has 1 rings (SSSR count). The van der Waals surface area contributed by atoms with Gasteiger partial charge in [0.25, 0.3) is 0 Å². The number of rotatable bonds is 2. The number of likely N-dealkylation sites (tertiary alicyclic amines) is 1. The molecule has 0 aromatic carbocycles. The van der Waals surface area contributed by atoms with Crippen LogP contribution >= 0.6 is 0 Å². The number of piperidine rings is 1. The van der Waals surface area contributed by atoms with Crippen LogP contribution in [0.25, 0.3) is 0 Å². The van der Waals surface area contributed by atoms with Crippen molar-refractivity contribution >= 4 is 6.09 Å². The Morgan fingerprint density at radius 1 is 1.15 bits per heavy atom. The van der Waals surface area contributed by atoms with Crippen LogP contribution in [0.2, 0.25) is 0 Å². The van der Waals surface area contributed by atoms with Gasteiger partial charge < -0.3 is 9.64 Å². The van der Waals surface area contributed by atoms with Gasteiger partial charge in [-0.2, -0.15) is 0 Å². The molecule has 1 amide bonds. The summed E-state index contributed by atoms with van der Waals surface area (Å²) in [6, 6.07) is 0.568. The summed E-state index contributed by atoms with van der Waals surface area (Å²) in [5.41, 5.74) is -0.220. The highest BCUT2D eigenvalue weighted by atomic mass is 16.6. The molecule has 0 aliphatic carbocycles. The van der Waals surface area contributed by atoms with Crippen LogP contribution in [-0.4, -0.2) is 52.7 Å². The first kappa shape index (κ1) is 17.3. The first-order chi connectivity index (χ1) is 9.04. The molecule has 0 spiro atoms. The number of carbonyl (C=O) groups is 1. The zero-order chi connectivity index (χ0) is 15.6. The fourth-order valence-electron chi connectivity index (χ4n) is 2.97. The van der Waals surface area contributed by atoms with Crippen LogP contribution in [0.1, 0.15) is 61.3 Å². The van der Waals surface area contributed by atoms with Gasteiger partial charge in [-0.05, 0) is 60.9 Å². The number of hydrogen-bond donors (Lipinski definition) is 0. The lowest BCUT2D eigenvalue weighted by atomic mass is 9.96. The van der Waals surface area contributed by atoms with E-state index in [9.17, 15) is 4.79 Å². The lowest BCUT2D eigenvalue weighted by molar-refractivity contribution is 0.00572. The predicted molar refractivity (Wildman–Crippen MR) is 83.0 cm³/mol. The summed E-state index contributed by atoms with van der Waals surface area (Å²) in [5, 5.41) is 0. The topological polar surface area (TPSA) is 32.8 Å². The van der Waals surface area contributed by atoms with Gasteiger partial charge in [-0.3, -0.25) is 4.90 Å². The maximum atomic E-state index is 12.0. The van der Waals surface area contributed by atoms with Crippen molar-refractivity contribution in [2.45, 2.75) is 78.5 Å². The second kappa shape index (κ2) is 6.33. The molecule has 1 saturated heterocycles. The van der Waals surface area contributed by atoms with Crippen molar-refractivity contribution in [1.29, 1.82) is 0 Å². The van der Waals surface area contributed by atoms with E-state index in [1.807, 2.05) is 25.7 Å². The van der Waals surface area contributed by atoms with Gasteiger partial charge >= 0.3 is 6.09 Å². The van der Waals surface area contributed by atoms with Gasteiger partial charge in [-0.15, -0.1) is 0 Å². The Hall–Kier alpha value is -0.770. The molecule has 0 bridgehead atoms. The Labute approximate surface area is 124 Å². The average Bonchev–Trinajstić information content (AvgIpc) is 2.26. The van der Waals surface area contributed by atoms with E-state index in [1.54, 1.807) is 0 Å². The monoisotopic (exact) mass is 284 g/mol. The number of ether oxygens (including phenoxy) is 1. The zero-order valence-corrected chi connectivity index (χ0v) is 14.3. The molecule has 4 nitrogen and oxygen atoms in total. The molecule has 1 fully saturated rings. The normalized spacial score (nSPS) is 18.5. The summed E-state index contributed by atoms with van der Waals surface area (Å²) in [6.07, 6.45) is 1.89. The first-order valence-corrected chi connectivity index (χ1v) is 7.79. The van der Waals surface area contributed by atoms with Gasteiger partial charge in [0.15, 0.2) is 0 Å². The summed E-state index contributed by atoms with van der Waals surface area (Å²) in [4.78, 5) is 16.4. The molecule has 0 radical (unpaired) electrons. The van der Waals surface area contributed by atoms with E-state index < -0.39 is 5.60 Å². The maximum Gasteiger partial charge on any atom is 0.410 e.